The molecule has 1 aromatic rings. The van der Waals surface area contributed by atoms with Crippen molar-refractivity contribution in [2.24, 2.45) is 11.8 Å². The Kier molecular flexibility index (Phi) is 20.0. The lowest BCUT2D eigenvalue weighted by molar-refractivity contribution is -0.172. The number of aliphatic hydroxyl groups is 1. The molecule has 47 heavy (non-hydrogen) atoms. The SMILES string of the molecule is CCCCCCCCCC(=O)CCCC/C=C/C(C(=O)NC(Cc1ccc(OCCC(C)C)cc1)C(=O)O)C(O)(CC(=O)O)C(=O)O. The highest BCUT2D eigenvalue weighted by Gasteiger charge is 2.49. The molecule has 0 aliphatic heterocycles. The molecule has 0 spiro atoms. The summed E-state index contributed by atoms with van der Waals surface area (Å²) in [5, 5.41) is 42.1. The van der Waals surface area contributed by atoms with E-state index < -0.39 is 47.8 Å². The Morgan fingerprint density at radius 1 is 0.872 bits per heavy atom. The Morgan fingerprint density at radius 3 is 2.02 bits per heavy atom. The third kappa shape index (κ3) is 17.1. The van der Waals surface area contributed by atoms with Gasteiger partial charge in [0.2, 0.25) is 5.91 Å². The second kappa shape index (κ2) is 22.7. The Balaban J connectivity index is 2.84. The van der Waals surface area contributed by atoms with Crippen molar-refractivity contribution in [3.63, 3.8) is 0 Å². The Morgan fingerprint density at radius 2 is 1.47 bits per heavy atom. The van der Waals surface area contributed by atoms with Crippen molar-refractivity contribution in [1.29, 1.82) is 0 Å². The number of hydrogen-bond acceptors (Lipinski definition) is 7. The molecule has 0 radical (unpaired) electrons. The number of unbranched alkanes of at least 4 members (excludes halogenated alkanes) is 8. The minimum atomic E-state index is -3.03. The minimum Gasteiger partial charge on any atom is -0.494 e. The summed E-state index contributed by atoms with van der Waals surface area (Å²) in [6.07, 6.45) is 12.3. The zero-order valence-electron chi connectivity index (χ0n) is 28.2. The smallest absolute Gasteiger partial charge is 0.337 e. The van der Waals surface area contributed by atoms with Crippen LogP contribution in [0.3, 0.4) is 0 Å². The first-order chi connectivity index (χ1) is 22.3. The molecule has 0 heterocycles. The van der Waals surface area contributed by atoms with Crippen LogP contribution in [0.5, 0.6) is 5.75 Å². The van der Waals surface area contributed by atoms with Crippen molar-refractivity contribution in [2.75, 3.05) is 6.61 Å². The molecule has 0 aromatic heterocycles. The van der Waals surface area contributed by atoms with Crippen LogP contribution in [0.25, 0.3) is 0 Å². The summed E-state index contributed by atoms with van der Waals surface area (Å²) >= 11 is 0. The molecule has 264 valence electrons. The van der Waals surface area contributed by atoms with Crippen molar-refractivity contribution in [2.45, 2.75) is 129 Å². The van der Waals surface area contributed by atoms with Gasteiger partial charge in [-0.3, -0.25) is 14.4 Å². The molecule has 0 aliphatic rings. The maximum absolute atomic E-state index is 13.3. The fourth-order valence-corrected chi connectivity index (χ4v) is 5.07. The van der Waals surface area contributed by atoms with Crippen molar-refractivity contribution in [3.8, 4) is 5.75 Å². The third-order valence-electron chi connectivity index (χ3n) is 7.99. The van der Waals surface area contributed by atoms with Gasteiger partial charge in [-0.1, -0.05) is 83.6 Å². The molecule has 0 saturated heterocycles. The molecule has 3 atom stereocenters. The molecule has 0 bridgehead atoms. The van der Waals surface area contributed by atoms with E-state index in [1.165, 1.54) is 31.8 Å². The number of nitrogens with one attached hydrogen (secondary N) is 1. The molecule has 0 fully saturated rings. The number of carbonyl (C=O) groups excluding carboxylic acids is 2. The summed E-state index contributed by atoms with van der Waals surface area (Å²) in [6.45, 7) is 6.86. The number of hydrogen-bond donors (Lipinski definition) is 5. The molecule has 0 saturated carbocycles. The monoisotopic (exact) mass is 661 g/mol. The van der Waals surface area contributed by atoms with Gasteiger partial charge >= 0.3 is 17.9 Å². The van der Waals surface area contributed by atoms with Crippen molar-refractivity contribution in [3.05, 3.63) is 42.0 Å². The number of allylic oxidation sites excluding steroid dienone is 1. The summed E-state index contributed by atoms with van der Waals surface area (Å²) in [5.74, 6) is -6.75. The van der Waals surface area contributed by atoms with Crippen LogP contribution in [0.4, 0.5) is 0 Å². The number of aliphatic carboxylic acids is 3. The number of amides is 1. The van der Waals surface area contributed by atoms with Crippen LogP contribution >= 0.6 is 0 Å². The van der Waals surface area contributed by atoms with Crippen LogP contribution < -0.4 is 10.1 Å². The number of ether oxygens (including phenoxy) is 1. The van der Waals surface area contributed by atoms with E-state index in [-0.39, 0.29) is 12.2 Å². The van der Waals surface area contributed by atoms with E-state index in [2.05, 4.69) is 26.1 Å². The number of carboxylic acid groups (broad SMARTS) is 3. The van der Waals surface area contributed by atoms with Crippen LogP contribution in [-0.4, -0.2) is 68.3 Å². The van der Waals surface area contributed by atoms with Crippen LogP contribution in [0.15, 0.2) is 36.4 Å². The average Bonchev–Trinajstić information content (AvgIpc) is 2.99. The van der Waals surface area contributed by atoms with Crippen LogP contribution in [0.1, 0.15) is 116 Å². The highest BCUT2D eigenvalue weighted by atomic mass is 16.5. The molecular formula is C36H55NO10. The van der Waals surface area contributed by atoms with E-state index in [1.54, 1.807) is 24.3 Å². The summed E-state index contributed by atoms with van der Waals surface area (Å²) in [7, 11) is 0. The normalized spacial score (nSPS) is 14.0. The fraction of sp³-hybridized carbons (Fsp3) is 0.639. The maximum Gasteiger partial charge on any atom is 0.337 e. The highest BCUT2D eigenvalue weighted by molar-refractivity contribution is 5.94. The Labute approximate surface area is 278 Å². The van der Waals surface area contributed by atoms with Crippen molar-refractivity contribution in [1.82, 2.24) is 5.32 Å². The summed E-state index contributed by atoms with van der Waals surface area (Å²) in [5.41, 5.74) is -2.47. The molecule has 11 nitrogen and oxygen atoms in total. The molecule has 1 aromatic carbocycles. The fourth-order valence-electron chi connectivity index (χ4n) is 5.07. The second-order valence-corrected chi connectivity index (χ2v) is 12.6. The number of carbonyl (C=O) groups is 5. The molecule has 1 amide bonds. The number of rotatable bonds is 27. The van der Waals surface area contributed by atoms with Gasteiger partial charge in [-0.2, -0.15) is 0 Å². The first-order valence-electron chi connectivity index (χ1n) is 16.9. The first-order valence-corrected chi connectivity index (χ1v) is 16.9. The van der Waals surface area contributed by atoms with Gasteiger partial charge in [0.05, 0.1) is 18.9 Å². The lowest BCUT2D eigenvalue weighted by Crippen LogP contribution is -2.55. The van der Waals surface area contributed by atoms with Gasteiger partial charge in [-0.15, -0.1) is 0 Å². The quantitative estimate of drug-likeness (QED) is 0.0556. The Hall–Kier alpha value is -3.73. The molecule has 1 rings (SSSR count). The Bertz CT molecular complexity index is 1150. The highest BCUT2D eigenvalue weighted by Crippen LogP contribution is 2.26. The minimum absolute atomic E-state index is 0.152. The van der Waals surface area contributed by atoms with E-state index in [1.807, 2.05) is 0 Å². The van der Waals surface area contributed by atoms with Crippen molar-refractivity contribution >= 4 is 29.6 Å². The van der Waals surface area contributed by atoms with Gasteiger partial charge < -0.3 is 30.5 Å². The van der Waals surface area contributed by atoms with Crippen LogP contribution in [0.2, 0.25) is 0 Å². The van der Waals surface area contributed by atoms with E-state index in [0.29, 0.717) is 55.9 Å². The zero-order chi connectivity index (χ0) is 35.2. The largest absolute Gasteiger partial charge is 0.494 e. The lowest BCUT2D eigenvalue weighted by atomic mass is 9.82. The van der Waals surface area contributed by atoms with Crippen LogP contribution in [0, 0.1) is 11.8 Å². The average molecular weight is 662 g/mol. The number of carboxylic acids is 3. The number of benzene rings is 1. The van der Waals surface area contributed by atoms with Crippen LogP contribution in [-0.2, 0) is 30.4 Å². The predicted molar refractivity (Wildman–Crippen MR) is 178 cm³/mol. The van der Waals surface area contributed by atoms with Gasteiger partial charge in [0.15, 0.2) is 5.60 Å². The summed E-state index contributed by atoms with van der Waals surface area (Å²) < 4.78 is 5.68. The second-order valence-electron chi connectivity index (χ2n) is 12.6. The predicted octanol–water partition coefficient (Wildman–Crippen LogP) is 5.96. The molecule has 5 N–H and O–H groups in total. The van der Waals surface area contributed by atoms with E-state index in [9.17, 15) is 44.4 Å². The van der Waals surface area contributed by atoms with E-state index in [0.717, 1.165) is 31.8 Å². The summed E-state index contributed by atoms with van der Waals surface area (Å²) in [6, 6.07) is 5.18. The molecule has 0 aliphatic carbocycles. The van der Waals surface area contributed by atoms with Gasteiger partial charge in [0, 0.05) is 19.3 Å². The standard InChI is InChI=1S/C36H55NO10/c1-4-5-6-7-8-9-12-15-28(38)16-13-10-11-14-17-30(36(46,35(44)45)25-32(39)40)33(41)37-31(34(42)43)24-27-18-20-29(21-19-27)47-23-22-26(2)3/h14,17-21,26,30-31,46H,4-13,15-16,22-25H2,1-3H3,(H,37,41)(H,39,40)(H,42,43)(H,44,45)/b17-14+. The van der Waals surface area contributed by atoms with E-state index in [4.69, 9.17) is 4.74 Å². The van der Waals surface area contributed by atoms with Gasteiger partial charge in [0.25, 0.3) is 0 Å². The van der Waals surface area contributed by atoms with Crippen molar-refractivity contribution < 1.29 is 49.1 Å². The first kappa shape index (κ1) is 41.3. The third-order valence-corrected chi connectivity index (χ3v) is 7.99. The molecule has 11 heteroatoms. The van der Waals surface area contributed by atoms with E-state index >= 15 is 0 Å². The topological polar surface area (TPSA) is 188 Å². The lowest BCUT2D eigenvalue weighted by Gasteiger charge is -2.29. The molecule has 3 unspecified atom stereocenters. The number of Topliss-reactive ketones (excluding diaryl/α,β-unsaturated/α-hetero) is 1. The number of ketones is 1. The summed E-state index contributed by atoms with van der Waals surface area (Å²) in [4.78, 5) is 61.1. The van der Waals surface area contributed by atoms with Gasteiger partial charge in [-0.05, 0) is 55.7 Å². The van der Waals surface area contributed by atoms with Gasteiger partial charge in [0.1, 0.15) is 17.6 Å². The zero-order valence-corrected chi connectivity index (χ0v) is 28.2. The molecular weight excluding hydrogens is 606 g/mol. The maximum atomic E-state index is 13.3. The van der Waals surface area contributed by atoms with Gasteiger partial charge in [-0.25, -0.2) is 9.59 Å².